The molecule has 1 N–H and O–H groups in total. The summed E-state index contributed by atoms with van der Waals surface area (Å²) in [7, 11) is 0. The quantitative estimate of drug-likeness (QED) is 0.763. The van der Waals surface area contributed by atoms with Gasteiger partial charge in [-0.3, -0.25) is 0 Å². The van der Waals surface area contributed by atoms with Crippen LogP contribution >= 0.6 is 38.9 Å². The Morgan fingerprint density at radius 2 is 1.89 bits per heavy atom. The lowest BCUT2D eigenvalue weighted by Gasteiger charge is -2.17. The molecule has 19 heavy (non-hydrogen) atoms. The van der Waals surface area contributed by atoms with Gasteiger partial charge in [0.1, 0.15) is 6.10 Å². The molecule has 0 fully saturated rings. The molecule has 1 aromatic heterocycles. The van der Waals surface area contributed by atoms with Crippen molar-refractivity contribution in [2.45, 2.75) is 12.3 Å². The summed E-state index contributed by atoms with van der Waals surface area (Å²) >= 11 is 9.77. The maximum atomic E-state index is 13.0. The third kappa shape index (κ3) is 3.31. The Hall–Kier alpha value is -0.560. The van der Waals surface area contributed by atoms with Crippen molar-refractivity contribution in [3.63, 3.8) is 0 Å². The Bertz CT molecular complexity index is 597. The van der Waals surface area contributed by atoms with Gasteiger partial charge >= 0.3 is 6.18 Å². The minimum atomic E-state index is -4.53. The van der Waals surface area contributed by atoms with Gasteiger partial charge in [-0.2, -0.15) is 13.2 Å². The van der Waals surface area contributed by atoms with Crippen LogP contribution in [-0.4, -0.2) is 5.11 Å². The molecule has 0 aliphatic carbocycles. The van der Waals surface area contributed by atoms with Gasteiger partial charge in [0.15, 0.2) is 0 Å². The van der Waals surface area contributed by atoms with Crippen LogP contribution in [0.2, 0.25) is 4.34 Å². The summed E-state index contributed by atoms with van der Waals surface area (Å²) in [6.07, 6.45) is -5.87. The zero-order chi connectivity index (χ0) is 14.2. The molecular formula is C12H7BrClF3OS. The normalized spacial score (nSPS) is 13.6. The molecule has 0 bridgehead atoms. The number of benzene rings is 1. The second kappa shape index (κ2) is 5.44. The number of thiophene rings is 1. The number of alkyl halides is 3. The van der Waals surface area contributed by atoms with Crippen molar-refractivity contribution in [1.29, 1.82) is 0 Å². The number of hydrogen-bond acceptors (Lipinski definition) is 2. The van der Waals surface area contributed by atoms with Gasteiger partial charge in [-0.05, 0) is 29.8 Å². The first-order valence-electron chi connectivity index (χ1n) is 5.09. The molecule has 1 atom stereocenters. The average Bonchev–Trinajstić information content (AvgIpc) is 2.74. The van der Waals surface area contributed by atoms with E-state index in [1.807, 2.05) is 0 Å². The van der Waals surface area contributed by atoms with E-state index in [0.717, 1.165) is 17.4 Å². The van der Waals surface area contributed by atoms with Gasteiger partial charge in [0.25, 0.3) is 0 Å². The van der Waals surface area contributed by atoms with Crippen molar-refractivity contribution in [3.8, 4) is 0 Å². The summed E-state index contributed by atoms with van der Waals surface area (Å²) < 4.78 is 39.6. The fourth-order valence-electron chi connectivity index (χ4n) is 1.64. The molecular weight excluding hydrogens is 365 g/mol. The Morgan fingerprint density at radius 1 is 1.21 bits per heavy atom. The summed E-state index contributed by atoms with van der Waals surface area (Å²) in [5.74, 6) is 0. The molecule has 0 saturated heterocycles. The molecule has 1 heterocycles. The van der Waals surface area contributed by atoms with E-state index in [0.29, 0.717) is 13.7 Å². The van der Waals surface area contributed by atoms with Crippen LogP contribution in [0.1, 0.15) is 22.1 Å². The summed E-state index contributed by atoms with van der Waals surface area (Å²) in [4.78, 5) is 0.373. The van der Waals surface area contributed by atoms with Crippen LogP contribution < -0.4 is 0 Å². The summed E-state index contributed by atoms with van der Waals surface area (Å²) in [5.41, 5.74) is -1.05. The Labute approximate surface area is 124 Å². The van der Waals surface area contributed by atoms with Crippen molar-refractivity contribution in [2.24, 2.45) is 0 Å². The fourth-order valence-corrected chi connectivity index (χ4v) is 3.07. The number of aliphatic hydroxyl groups excluding tert-OH is 1. The molecule has 2 rings (SSSR count). The third-order valence-corrected chi connectivity index (χ3v) is 4.26. The Balaban J connectivity index is 2.50. The van der Waals surface area contributed by atoms with E-state index in [4.69, 9.17) is 11.6 Å². The predicted molar refractivity (Wildman–Crippen MR) is 72.5 cm³/mol. The monoisotopic (exact) mass is 370 g/mol. The lowest BCUT2D eigenvalue weighted by atomic mass is 10.0. The lowest BCUT2D eigenvalue weighted by molar-refractivity contribution is -0.139. The minimum absolute atomic E-state index is 0.186. The number of rotatable bonds is 2. The molecule has 1 nitrogen and oxygen atoms in total. The van der Waals surface area contributed by atoms with Gasteiger partial charge in [-0.25, -0.2) is 0 Å². The maximum absolute atomic E-state index is 13.0. The highest BCUT2D eigenvalue weighted by molar-refractivity contribution is 9.10. The second-order valence-corrected chi connectivity index (χ2v) is 6.44. The van der Waals surface area contributed by atoms with Gasteiger partial charge < -0.3 is 5.11 Å². The van der Waals surface area contributed by atoms with E-state index < -0.39 is 17.8 Å². The highest BCUT2D eigenvalue weighted by Gasteiger charge is 2.35. The van der Waals surface area contributed by atoms with E-state index in [1.54, 1.807) is 0 Å². The molecule has 7 heteroatoms. The van der Waals surface area contributed by atoms with Gasteiger partial charge in [-0.15, -0.1) is 11.3 Å². The van der Waals surface area contributed by atoms with Crippen LogP contribution in [-0.2, 0) is 6.18 Å². The molecule has 2 aromatic rings. The molecule has 0 spiro atoms. The maximum Gasteiger partial charge on any atom is 0.416 e. The smallest absolute Gasteiger partial charge is 0.383 e. The summed E-state index contributed by atoms with van der Waals surface area (Å²) in [5, 5.41) is 10.1. The molecule has 0 aliphatic rings. The summed E-state index contributed by atoms with van der Waals surface area (Å²) in [6.45, 7) is 0. The highest BCUT2D eigenvalue weighted by atomic mass is 79.9. The van der Waals surface area contributed by atoms with Crippen LogP contribution in [0.15, 0.2) is 34.8 Å². The van der Waals surface area contributed by atoms with Crippen molar-refractivity contribution < 1.29 is 18.3 Å². The lowest BCUT2D eigenvalue weighted by Crippen LogP contribution is -2.12. The molecule has 0 radical (unpaired) electrons. The minimum Gasteiger partial charge on any atom is -0.383 e. The zero-order valence-electron chi connectivity index (χ0n) is 9.21. The van der Waals surface area contributed by atoms with Crippen LogP contribution in [0, 0.1) is 0 Å². The first kappa shape index (κ1) is 14.8. The largest absolute Gasteiger partial charge is 0.416 e. The van der Waals surface area contributed by atoms with E-state index in [1.165, 1.54) is 24.3 Å². The molecule has 0 aliphatic heterocycles. The summed E-state index contributed by atoms with van der Waals surface area (Å²) in [6, 6.07) is 6.72. The molecule has 102 valence electrons. The van der Waals surface area contributed by atoms with Crippen LogP contribution in [0.4, 0.5) is 13.2 Å². The van der Waals surface area contributed by atoms with E-state index in [2.05, 4.69) is 15.9 Å². The molecule has 0 saturated carbocycles. The SMILES string of the molecule is OC(c1ccc(Cl)s1)c1ccc(Br)cc1C(F)(F)F. The third-order valence-electron chi connectivity index (χ3n) is 2.48. The number of halogens is 5. The van der Waals surface area contributed by atoms with Crippen LogP contribution in [0.3, 0.4) is 0 Å². The van der Waals surface area contributed by atoms with E-state index >= 15 is 0 Å². The van der Waals surface area contributed by atoms with Crippen LogP contribution in [0.25, 0.3) is 0 Å². The molecule has 1 aromatic carbocycles. The highest BCUT2D eigenvalue weighted by Crippen LogP contribution is 2.39. The zero-order valence-corrected chi connectivity index (χ0v) is 12.4. The first-order chi connectivity index (χ1) is 8.79. The van der Waals surface area contributed by atoms with Crippen molar-refractivity contribution in [3.05, 3.63) is 55.1 Å². The Kier molecular flexibility index (Phi) is 4.25. The van der Waals surface area contributed by atoms with Crippen LogP contribution in [0.5, 0.6) is 0 Å². The first-order valence-corrected chi connectivity index (χ1v) is 7.07. The topological polar surface area (TPSA) is 20.2 Å². The second-order valence-electron chi connectivity index (χ2n) is 3.77. The number of aliphatic hydroxyl groups is 1. The van der Waals surface area contributed by atoms with E-state index in [9.17, 15) is 18.3 Å². The van der Waals surface area contributed by atoms with Crippen molar-refractivity contribution in [1.82, 2.24) is 0 Å². The average molecular weight is 372 g/mol. The van der Waals surface area contributed by atoms with E-state index in [-0.39, 0.29) is 5.56 Å². The van der Waals surface area contributed by atoms with Gasteiger partial charge in [-0.1, -0.05) is 33.6 Å². The molecule has 1 unspecified atom stereocenters. The van der Waals surface area contributed by atoms with Crippen molar-refractivity contribution in [2.75, 3.05) is 0 Å². The van der Waals surface area contributed by atoms with Gasteiger partial charge in [0, 0.05) is 9.35 Å². The number of hydrogen-bond donors (Lipinski definition) is 1. The predicted octanol–water partition coefficient (Wildman–Crippen LogP) is 5.26. The Morgan fingerprint density at radius 3 is 2.42 bits per heavy atom. The van der Waals surface area contributed by atoms with Gasteiger partial charge in [0.05, 0.1) is 9.90 Å². The fraction of sp³-hybridized carbons (Fsp3) is 0.167. The standard InChI is InChI=1S/C12H7BrClF3OS/c13-6-1-2-7(8(5-6)12(15,16)17)11(18)9-3-4-10(14)19-9/h1-5,11,18H. The van der Waals surface area contributed by atoms with Crippen molar-refractivity contribution >= 4 is 38.9 Å². The van der Waals surface area contributed by atoms with Gasteiger partial charge in [0.2, 0.25) is 0 Å². The molecule has 0 amide bonds.